The number of hydrogen-bond acceptors (Lipinski definition) is 2. The summed E-state index contributed by atoms with van der Waals surface area (Å²) in [5, 5.41) is 3.91. The number of halogens is 3. The molecule has 84 valence electrons. The molecular weight excluding hydrogens is 357 g/mol. The van der Waals surface area contributed by atoms with Crippen LogP contribution >= 0.6 is 43.5 Å². The zero-order valence-corrected chi connectivity index (χ0v) is 12.1. The van der Waals surface area contributed by atoms with E-state index < -0.39 is 0 Å². The molecule has 0 aliphatic rings. The quantitative estimate of drug-likeness (QED) is 0.821. The van der Waals surface area contributed by atoms with Crippen molar-refractivity contribution in [3.63, 3.8) is 0 Å². The SMILES string of the molecule is Clc1cc(NCc2occc2Br)ccc1Br. The van der Waals surface area contributed by atoms with Crippen LogP contribution in [0.25, 0.3) is 0 Å². The van der Waals surface area contributed by atoms with Crippen LogP contribution in [-0.2, 0) is 6.54 Å². The second-order valence-corrected chi connectivity index (χ2v) is 5.29. The van der Waals surface area contributed by atoms with Crippen molar-refractivity contribution < 1.29 is 4.42 Å². The number of furan rings is 1. The zero-order valence-electron chi connectivity index (χ0n) is 8.14. The van der Waals surface area contributed by atoms with Gasteiger partial charge in [0.25, 0.3) is 0 Å². The first-order valence-electron chi connectivity index (χ1n) is 4.57. The molecule has 1 aromatic heterocycles. The summed E-state index contributed by atoms with van der Waals surface area (Å²) < 4.78 is 7.14. The predicted molar refractivity (Wildman–Crippen MR) is 72.9 cm³/mol. The van der Waals surface area contributed by atoms with Gasteiger partial charge in [-0.15, -0.1) is 0 Å². The van der Waals surface area contributed by atoms with Crippen molar-refractivity contribution in [2.75, 3.05) is 5.32 Å². The predicted octanol–water partition coefficient (Wildman–Crippen LogP) is 5.07. The topological polar surface area (TPSA) is 25.2 Å². The molecule has 0 amide bonds. The molecule has 1 N–H and O–H groups in total. The Hall–Kier alpha value is -0.450. The summed E-state index contributed by atoms with van der Waals surface area (Å²) in [5.41, 5.74) is 0.955. The van der Waals surface area contributed by atoms with Crippen LogP contribution in [-0.4, -0.2) is 0 Å². The first-order valence-corrected chi connectivity index (χ1v) is 6.54. The molecule has 0 bridgehead atoms. The van der Waals surface area contributed by atoms with E-state index >= 15 is 0 Å². The maximum absolute atomic E-state index is 5.99. The molecule has 1 heterocycles. The van der Waals surface area contributed by atoms with E-state index in [-0.39, 0.29) is 0 Å². The Morgan fingerprint density at radius 3 is 2.62 bits per heavy atom. The second kappa shape index (κ2) is 5.25. The summed E-state index contributed by atoms with van der Waals surface area (Å²) in [6.07, 6.45) is 1.65. The molecule has 0 saturated heterocycles. The lowest BCUT2D eigenvalue weighted by Crippen LogP contribution is -1.98. The van der Waals surface area contributed by atoms with Crippen LogP contribution in [0.2, 0.25) is 5.02 Å². The van der Waals surface area contributed by atoms with Gasteiger partial charge in [-0.1, -0.05) is 11.6 Å². The van der Waals surface area contributed by atoms with E-state index in [2.05, 4.69) is 37.2 Å². The van der Waals surface area contributed by atoms with Crippen molar-refractivity contribution in [2.45, 2.75) is 6.54 Å². The summed E-state index contributed by atoms with van der Waals surface area (Å²) in [7, 11) is 0. The van der Waals surface area contributed by atoms with Crippen LogP contribution < -0.4 is 5.32 Å². The average Bonchev–Trinajstić information content (AvgIpc) is 2.66. The third-order valence-electron chi connectivity index (χ3n) is 2.06. The van der Waals surface area contributed by atoms with Crippen LogP contribution in [0.3, 0.4) is 0 Å². The third-order valence-corrected chi connectivity index (χ3v) is 4.00. The third kappa shape index (κ3) is 2.81. The van der Waals surface area contributed by atoms with E-state index in [1.165, 1.54) is 0 Å². The maximum Gasteiger partial charge on any atom is 0.136 e. The van der Waals surface area contributed by atoms with Gasteiger partial charge in [0.2, 0.25) is 0 Å². The van der Waals surface area contributed by atoms with Crippen molar-refractivity contribution in [3.05, 3.63) is 50.3 Å². The highest BCUT2D eigenvalue weighted by Crippen LogP contribution is 2.26. The Morgan fingerprint density at radius 2 is 2.00 bits per heavy atom. The number of hydrogen-bond donors (Lipinski definition) is 1. The molecule has 0 aliphatic heterocycles. The number of anilines is 1. The van der Waals surface area contributed by atoms with Gasteiger partial charge in [-0.25, -0.2) is 0 Å². The Morgan fingerprint density at radius 1 is 1.19 bits per heavy atom. The number of benzene rings is 1. The van der Waals surface area contributed by atoms with Gasteiger partial charge in [-0.2, -0.15) is 0 Å². The lowest BCUT2D eigenvalue weighted by Gasteiger charge is -2.06. The van der Waals surface area contributed by atoms with E-state index in [0.717, 1.165) is 20.4 Å². The molecule has 0 unspecified atom stereocenters. The molecule has 2 nitrogen and oxygen atoms in total. The molecule has 0 fully saturated rings. The van der Waals surface area contributed by atoms with Crippen LogP contribution in [0.15, 0.2) is 43.9 Å². The van der Waals surface area contributed by atoms with Crippen molar-refractivity contribution in [3.8, 4) is 0 Å². The van der Waals surface area contributed by atoms with E-state index in [9.17, 15) is 0 Å². The molecule has 0 saturated carbocycles. The van der Waals surface area contributed by atoms with Crippen molar-refractivity contribution in [2.24, 2.45) is 0 Å². The molecule has 1 aromatic carbocycles. The van der Waals surface area contributed by atoms with Gasteiger partial charge in [-0.05, 0) is 56.1 Å². The highest BCUT2D eigenvalue weighted by atomic mass is 79.9. The van der Waals surface area contributed by atoms with Gasteiger partial charge in [0, 0.05) is 10.2 Å². The fourth-order valence-electron chi connectivity index (χ4n) is 1.24. The first kappa shape index (κ1) is 12.0. The van der Waals surface area contributed by atoms with Gasteiger partial charge >= 0.3 is 0 Å². The van der Waals surface area contributed by atoms with Gasteiger partial charge in [0.05, 0.1) is 22.3 Å². The van der Waals surface area contributed by atoms with Crippen molar-refractivity contribution in [1.82, 2.24) is 0 Å². The minimum Gasteiger partial charge on any atom is -0.466 e. The normalized spacial score (nSPS) is 10.4. The van der Waals surface area contributed by atoms with Crippen molar-refractivity contribution in [1.29, 1.82) is 0 Å². The molecule has 0 atom stereocenters. The Balaban J connectivity index is 2.05. The molecule has 2 aromatic rings. The highest BCUT2D eigenvalue weighted by molar-refractivity contribution is 9.10. The standard InChI is InChI=1S/C11H8Br2ClNO/c12-8-2-1-7(5-10(8)14)15-6-11-9(13)3-4-16-11/h1-5,15H,6H2. The molecule has 2 rings (SSSR count). The van der Waals surface area contributed by atoms with E-state index in [0.29, 0.717) is 11.6 Å². The summed E-state index contributed by atoms with van der Waals surface area (Å²) in [5.74, 6) is 0.860. The Labute approximate surface area is 115 Å². The highest BCUT2D eigenvalue weighted by Gasteiger charge is 2.03. The number of nitrogens with one attached hydrogen (secondary N) is 1. The van der Waals surface area contributed by atoms with E-state index in [4.69, 9.17) is 16.0 Å². The summed E-state index contributed by atoms with van der Waals surface area (Å²) in [6, 6.07) is 7.59. The molecule has 0 radical (unpaired) electrons. The van der Waals surface area contributed by atoms with Crippen molar-refractivity contribution >= 4 is 49.1 Å². The van der Waals surface area contributed by atoms with Gasteiger partial charge < -0.3 is 9.73 Å². The Kier molecular flexibility index (Phi) is 3.95. The maximum atomic E-state index is 5.99. The van der Waals surface area contributed by atoms with Gasteiger partial charge in [0.1, 0.15) is 5.76 Å². The van der Waals surface area contributed by atoms with Crippen LogP contribution in [0.1, 0.15) is 5.76 Å². The zero-order chi connectivity index (χ0) is 11.5. The molecule has 0 aliphatic carbocycles. The summed E-state index contributed by atoms with van der Waals surface area (Å²) >= 11 is 12.7. The Bertz CT molecular complexity index is 498. The van der Waals surface area contributed by atoms with Crippen LogP contribution in [0.4, 0.5) is 5.69 Å². The molecule has 5 heteroatoms. The fourth-order valence-corrected chi connectivity index (χ4v) is 2.01. The second-order valence-electron chi connectivity index (χ2n) is 3.17. The minimum atomic E-state index is 0.617. The first-order chi connectivity index (χ1) is 7.66. The fraction of sp³-hybridized carbons (Fsp3) is 0.0909. The summed E-state index contributed by atoms with van der Waals surface area (Å²) in [4.78, 5) is 0. The molecule has 16 heavy (non-hydrogen) atoms. The lowest BCUT2D eigenvalue weighted by atomic mass is 10.3. The van der Waals surface area contributed by atoms with E-state index in [1.54, 1.807) is 6.26 Å². The van der Waals surface area contributed by atoms with Crippen LogP contribution in [0.5, 0.6) is 0 Å². The monoisotopic (exact) mass is 363 g/mol. The summed E-state index contributed by atoms with van der Waals surface area (Å²) in [6.45, 7) is 0.617. The van der Waals surface area contributed by atoms with Crippen LogP contribution in [0, 0.1) is 0 Å². The molecular formula is C11H8Br2ClNO. The largest absolute Gasteiger partial charge is 0.466 e. The van der Waals surface area contributed by atoms with E-state index in [1.807, 2.05) is 24.3 Å². The minimum absolute atomic E-state index is 0.617. The van der Waals surface area contributed by atoms with Gasteiger partial charge in [0.15, 0.2) is 0 Å². The lowest BCUT2D eigenvalue weighted by molar-refractivity contribution is 0.516. The molecule has 0 spiro atoms. The van der Waals surface area contributed by atoms with Gasteiger partial charge in [-0.3, -0.25) is 0 Å². The smallest absolute Gasteiger partial charge is 0.136 e. The average molecular weight is 365 g/mol. The number of rotatable bonds is 3.